The summed E-state index contributed by atoms with van der Waals surface area (Å²) >= 11 is 0. The Morgan fingerprint density at radius 1 is 0.524 bits per heavy atom. The van der Waals surface area contributed by atoms with Crippen LogP contribution in [0.4, 0.5) is 11.4 Å². The molecule has 42 heavy (non-hydrogen) atoms. The molecule has 0 atom stereocenters. The van der Waals surface area contributed by atoms with E-state index >= 15 is 0 Å². The van der Waals surface area contributed by atoms with Crippen LogP contribution in [0.25, 0.3) is 49.7 Å². The SMILES string of the molecule is Cc1ccc2c(c1)c1cc(Nc3cccc(-c4ccc5c(c4)C(C)(C)c4ccccc4-5)c3)ccc1n2-c1ccccc1. The number of aromatic nitrogens is 1. The number of benzene rings is 6. The van der Waals surface area contributed by atoms with Gasteiger partial charge in [0.05, 0.1) is 11.0 Å². The van der Waals surface area contributed by atoms with Crippen molar-refractivity contribution in [2.75, 3.05) is 5.32 Å². The van der Waals surface area contributed by atoms with Gasteiger partial charge in [-0.25, -0.2) is 0 Å². The molecule has 0 spiro atoms. The van der Waals surface area contributed by atoms with Crippen LogP contribution in [0.1, 0.15) is 30.5 Å². The maximum atomic E-state index is 3.71. The van der Waals surface area contributed by atoms with Gasteiger partial charge in [-0.1, -0.05) is 92.2 Å². The minimum atomic E-state index is -0.00943. The minimum Gasteiger partial charge on any atom is -0.355 e. The monoisotopic (exact) mass is 540 g/mol. The predicted octanol–water partition coefficient (Wildman–Crippen LogP) is 10.8. The van der Waals surface area contributed by atoms with E-state index < -0.39 is 0 Å². The third kappa shape index (κ3) is 3.79. The molecule has 1 N–H and O–H groups in total. The normalized spacial score (nSPS) is 13.3. The van der Waals surface area contributed by atoms with Gasteiger partial charge in [-0.15, -0.1) is 0 Å². The first-order valence-corrected chi connectivity index (χ1v) is 14.7. The van der Waals surface area contributed by atoms with Gasteiger partial charge < -0.3 is 9.88 Å². The van der Waals surface area contributed by atoms with Gasteiger partial charge in [-0.2, -0.15) is 0 Å². The zero-order valence-corrected chi connectivity index (χ0v) is 24.1. The van der Waals surface area contributed by atoms with E-state index in [4.69, 9.17) is 0 Å². The second-order valence-corrected chi connectivity index (χ2v) is 12.1. The highest BCUT2D eigenvalue weighted by Crippen LogP contribution is 2.49. The van der Waals surface area contributed by atoms with Crippen LogP contribution in [-0.2, 0) is 5.41 Å². The summed E-state index contributed by atoms with van der Waals surface area (Å²) in [4.78, 5) is 0. The number of hydrogen-bond acceptors (Lipinski definition) is 1. The number of rotatable bonds is 4. The van der Waals surface area contributed by atoms with Crippen LogP contribution in [0.3, 0.4) is 0 Å². The van der Waals surface area contributed by atoms with Crippen molar-refractivity contribution in [1.82, 2.24) is 4.57 Å². The zero-order chi connectivity index (χ0) is 28.4. The van der Waals surface area contributed by atoms with E-state index in [0.717, 1.165) is 11.4 Å². The number of aryl methyl sites for hydroxylation is 1. The molecule has 0 saturated carbocycles. The van der Waals surface area contributed by atoms with Gasteiger partial charge in [0.15, 0.2) is 0 Å². The number of hydrogen-bond donors (Lipinski definition) is 1. The number of anilines is 2. The molecule has 1 aromatic heterocycles. The summed E-state index contributed by atoms with van der Waals surface area (Å²) in [5, 5.41) is 6.23. The molecule has 202 valence electrons. The maximum Gasteiger partial charge on any atom is 0.0542 e. The van der Waals surface area contributed by atoms with Crippen molar-refractivity contribution in [3.05, 3.63) is 150 Å². The van der Waals surface area contributed by atoms with Crippen LogP contribution in [0, 0.1) is 6.92 Å². The summed E-state index contributed by atoms with van der Waals surface area (Å²) in [6, 6.07) is 48.6. The highest BCUT2D eigenvalue weighted by atomic mass is 15.0. The molecular weight excluding hydrogens is 508 g/mol. The lowest BCUT2D eigenvalue weighted by Gasteiger charge is -2.22. The van der Waals surface area contributed by atoms with Crippen molar-refractivity contribution in [3.8, 4) is 27.9 Å². The number of para-hydroxylation sites is 1. The summed E-state index contributed by atoms with van der Waals surface area (Å²) < 4.78 is 2.36. The topological polar surface area (TPSA) is 17.0 Å². The van der Waals surface area contributed by atoms with Crippen molar-refractivity contribution in [3.63, 3.8) is 0 Å². The molecule has 1 aliphatic rings. The molecular formula is C40H32N2. The molecule has 0 amide bonds. The quantitative estimate of drug-likeness (QED) is 0.235. The fourth-order valence-corrected chi connectivity index (χ4v) is 6.90. The third-order valence-corrected chi connectivity index (χ3v) is 9.00. The van der Waals surface area contributed by atoms with Gasteiger partial charge in [-0.3, -0.25) is 0 Å². The Morgan fingerprint density at radius 2 is 1.21 bits per heavy atom. The second kappa shape index (κ2) is 9.22. The fraction of sp³-hybridized carbons (Fsp3) is 0.100. The Labute approximate surface area is 246 Å². The molecule has 1 heterocycles. The molecule has 2 heteroatoms. The standard InChI is InChI=1S/C40H32N2/c1-26-16-20-38-34(22-26)35-25-30(18-21-39(35)42(38)31-12-5-4-6-13-31)41-29-11-9-10-27(23-29)28-17-19-33-32-14-7-8-15-36(32)40(2,3)37(33)24-28/h4-25,41H,1-3H3. The highest BCUT2D eigenvalue weighted by molar-refractivity contribution is 6.10. The number of nitrogens with one attached hydrogen (secondary N) is 1. The second-order valence-electron chi connectivity index (χ2n) is 12.1. The molecule has 0 saturated heterocycles. The maximum absolute atomic E-state index is 3.71. The number of nitrogens with zero attached hydrogens (tertiary/aromatic N) is 1. The Bertz CT molecular complexity index is 2150. The minimum absolute atomic E-state index is 0.00943. The zero-order valence-electron chi connectivity index (χ0n) is 24.1. The smallest absolute Gasteiger partial charge is 0.0542 e. The van der Waals surface area contributed by atoms with Gasteiger partial charge in [-0.05, 0) is 101 Å². The third-order valence-electron chi connectivity index (χ3n) is 9.00. The van der Waals surface area contributed by atoms with E-state index in [0.29, 0.717) is 0 Å². The van der Waals surface area contributed by atoms with E-state index in [2.05, 4.69) is 164 Å². The summed E-state index contributed by atoms with van der Waals surface area (Å²) in [5.41, 5.74) is 15.0. The molecule has 0 unspecified atom stereocenters. The largest absolute Gasteiger partial charge is 0.355 e. The van der Waals surface area contributed by atoms with E-state index in [1.54, 1.807) is 0 Å². The Morgan fingerprint density at radius 3 is 2.07 bits per heavy atom. The Hall–Kier alpha value is -5.08. The van der Waals surface area contributed by atoms with Crippen LogP contribution in [0.5, 0.6) is 0 Å². The van der Waals surface area contributed by atoms with Gasteiger partial charge in [0.1, 0.15) is 0 Å². The van der Waals surface area contributed by atoms with Crippen LogP contribution in [0.2, 0.25) is 0 Å². The molecule has 8 rings (SSSR count). The Kier molecular flexibility index (Phi) is 5.42. The van der Waals surface area contributed by atoms with Crippen molar-refractivity contribution >= 4 is 33.2 Å². The van der Waals surface area contributed by atoms with E-state index in [9.17, 15) is 0 Å². The molecule has 0 aliphatic heterocycles. The average Bonchev–Trinajstić information content (AvgIpc) is 3.45. The molecule has 1 aliphatic carbocycles. The summed E-state index contributed by atoms with van der Waals surface area (Å²) in [7, 11) is 0. The van der Waals surface area contributed by atoms with Crippen LogP contribution < -0.4 is 5.32 Å². The average molecular weight is 541 g/mol. The van der Waals surface area contributed by atoms with Gasteiger partial charge in [0, 0.05) is 33.2 Å². The van der Waals surface area contributed by atoms with Gasteiger partial charge in [0.25, 0.3) is 0 Å². The van der Waals surface area contributed by atoms with Gasteiger partial charge in [0.2, 0.25) is 0 Å². The molecule has 6 aromatic carbocycles. The van der Waals surface area contributed by atoms with Crippen molar-refractivity contribution in [2.24, 2.45) is 0 Å². The van der Waals surface area contributed by atoms with Crippen LogP contribution in [0.15, 0.2) is 133 Å². The first-order chi connectivity index (χ1) is 20.5. The summed E-state index contributed by atoms with van der Waals surface area (Å²) in [6.07, 6.45) is 0. The van der Waals surface area contributed by atoms with E-state index in [1.165, 1.54) is 66.4 Å². The number of fused-ring (bicyclic) bond motifs is 6. The lowest BCUT2D eigenvalue weighted by Crippen LogP contribution is -2.14. The molecule has 0 radical (unpaired) electrons. The molecule has 0 bridgehead atoms. The van der Waals surface area contributed by atoms with Crippen molar-refractivity contribution in [1.29, 1.82) is 0 Å². The molecule has 7 aromatic rings. The van der Waals surface area contributed by atoms with Crippen LogP contribution in [-0.4, -0.2) is 4.57 Å². The molecule has 2 nitrogen and oxygen atoms in total. The highest BCUT2D eigenvalue weighted by Gasteiger charge is 2.35. The summed E-state index contributed by atoms with van der Waals surface area (Å²) in [6.45, 7) is 6.84. The molecule has 0 fully saturated rings. The van der Waals surface area contributed by atoms with E-state index in [-0.39, 0.29) is 5.41 Å². The Balaban J connectivity index is 1.17. The lowest BCUT2D eigenvalue weighted by molar-refractivity contribution is 0.660. The van der Waals surface area contributed by atoms with E-state index in [1.807, 2.05) is 0 Å². The van der Waals surface area contributed by atoms with Crippen LogP contribution >= 0.6 is 0 Å². The first-order valence-electron chi connectivity index (χ1n) is 14.7. The first kappa shape index (κ1) is 24.7. The predicted molar refractivity (Wildman–Crippen MR) is 178 cm³/mol. The fourth-order valence-electron chi connectivity index (χ4n) is 6.90. The lowest BCUT2D eigenvalue weighted by atomic mass is 9.81. The van der Waals surface area contributed by atoms with Crippen molar-refractivity contribution in [2.45, 2.75) is 26.2 Å². The summed E-state index contributed by atoms with van der Waals surface area (Å²) in [5.74, 6) is 0. The van der Waals surface area contributed by atoms with Gasteiger partial charge >= 0.3 is 0 Å². The van der Waals surface area contributed by atoms with Crippen molar-refractivity contribution < 1.29 is 0 Å².